The van der Waals surface area contributed by atoms with Crippen LogP contribution in [0.25, 0.3) is 11.3 Å². The summed E-state index contributed by atoms with van der Waals surface area (Å²) in [6.07, 6.45) is 3.18. The highest BCUT2D eigenvalue weighted by Crippen LogP contribution is 2.41. The van der Waals surface area contributed by atoms with Crippen molar-refractivity contribution in [3.8, 4) is 17.0 Å². The monoisotopic (exact) mass is 513 g/mol. The number of ether oxygens (including phenoxy) is 2. The summed E-state index contributed by atoms with van der Waals surface area (Å²) < 4.78 is 11.8. The number of hydrogen-bond donors (Lipinski definition) is 1. The molecule has 10 nitrogen and oxygen atoms in total. The van der Waals surface area contributed by atoms with Crippen LogP contribution < -0.4 is 15.0 Å². The molecule has 0 aromatic carbocycles. The van der Waals surface area contributed by atoms with Gasteiger partial charge < -0.3 is 24.6 Å². The number of aromatic nitrogens is 4. The highest BCUT2D eigenvalue weighted by molar-refractivity contribution is 5.87. The Labute approximate surface area is 221 Å². The fraction of sp³-hybridized carbons (Fsp3) is 0.393. The third kappa shape index (κ3) is 4.24. The van der Waals surface area contributed by atoms with E-state index in [1.165, 1.54) is 6.08 Å². The van der Waals surface area contributed by atoms with Gasteiger partial charge in [0.15, 0.2) is 5.75 Å². The second-order valence-corrected chi connectivity index (χ2v) is 9.91. The Morgan fingerprint density at radius 2 is 1.84 bits per heavy atom. The molecule has 38 heavy (non-hydrogen) atoms. The van der Waals surface area contributed by atoms with E-state index in [2.05, 4.69) is 21.8 Å². The van der Waals surface area contributed by atoms with E-state index in [1.54, 1.807) is 4.90 Å². The van der Waals surface area contributed by atoms with E-state index < -0.39 is 0 Å². The Kier molecular flexibility index (Phi) is 6.19. The lowest BCUT2D eigenvalue weighted by Crippen LogP contribution is -2.48. The molecule has 196 valence electrons. The molecule has 3 aliphatic heterocycles. The van der Waals surface area contributed by atoms with Crippen LogP contribution in [0.5, 0.6) is 5.75 Å². The summed E-state index contributed by atoms with van der Waals surface area (Å²) in [4.78, 5) is 35.1. The van der Waals surface area contributed by atoms with E-state index in [-0.39, 0.29) is 11.8 Å². The van der Waals surface area contributed by atoms with Crippen molar-refractivity contribution in [2.45, 2.75) is 33.3 Å². The number of nitrogens with one attached hydrogen (secondary N) is 1. The van der Waals surface area contributed by atoms with Crippen LogP contribution in [0, 0.1) is 20.8 Å². The first-order valence-electron chi connectivity index (χ1n) is 12.9. The minimum atomic E-state index is -0.0567. The highest BCUT2D eigenvalue weighted by atomic mass is 16.5. The molecule has 0 saturated carbocycles. The summed E-state index contributed by atoms with van der Waals surface area (Å²) in [6, 6.07) is 4.04. The minimum Gasteiger partial charge on any atom is -0.485 e. The van der Waals surface area contributed by atoms with Gasteiger partial charge in [-0.3, -0.25) is 4.79 Å². The standard InChI is InChI=1S/C28H31N7O3/c1-5-24(36)35-13-19(14-35)27-31-16(2)25(17(3)32-27)21-12-22-26(18(4)30-21)38-15-20-23(6-7-29-28(20)33-22)34-8-10-37-11-9-34/h5-7,12,19H,1,8-11,13-15H2,2-4H3,(H,29,33). The van der Waals surface area contributed by atoms with Gasteiger partial charge in [0.1, 0.15) is 18.2 Å². The molecule has 2 saturated heterocycles. The number of hydrogen-bond acceptors (Lipinski definition) is 9. The molecule has 0 aliphatic carbocycles. The normalized spacial score (nSPS) is 16.9. The number of anilines is 3. The summed E-state index contributed by atoms with van der Waals surface area (Å²) in [5, 5.41) is 3.52. The summed E-state index contributed by atoms with van der Waals surface area (Å²) >= 11 is 0. The largest absolute Gasteiger partial charge is 0.485 e. The van der Waals surface area contributed by atoms with E-state index in [9.17, 15) is 4.79 Å². The number of nitrogens with zero attached hydrogens (tertiary/aromatic N) is 6. The molecule has 0 radical (unpaired) electrons. The zero-order chi connectivity index (χ0) is 26.4. The van der Waals surface area contributed by atoms with Crippen molar-refractivity contribution < 1.29 is 14.3 Å². The fourth-order valence-electron chi connectivity index (χ4n) is 5.42. The molecule has 1 amide bonds. The average Bonchev–Trinajstić information content (AvgIpc) is 3.07. The zero-order valence-corrected chi connectivity index (χ0v) is 22.0. The van der Waals surface area contributed by atoms with E-state index in [1.807, 2.05) is 39.1 Å². The van der Waals surface area contributed by atoms with Gasteiger partial charge in [0.2, 0.25) is 5.91 Å². The van der Waals surface area contributed by atoms with Crippen LogP contribution in [0.1, 0.15) is 34.4 Å². The number of rotatable bonds is 4. The number of pyridine rings is 2. The van der Waals surface area contributed by atoms with Crippen LogP contribution in [0.2, 0.25) is 0 Å². The van der Waals surface area contributed by atoms with Gasteiger partial charge in [-0.2, -0.15) is 0 Å². The van der Waals surface area contributed by atoms with Gasteiger partial charge in [-0.05, 0) is 39.0 Å². The fourth-order valence-corrected chi connectivity index (χ4v) is 5.42. The van der Waals surface area contributed by atoms with Crippen LogP contribution in [0.4, 0.5) is 17.2 Å². The van der Waals surface area contributed by atoms with Crippen LogP contribution >= 0.6 is 0 Å². The van der Waals surface area contributed by atoms with Crippen molar-refractivity contribution in [2.24, 2.45) is 0 Å². The molecule has 6 rings (SSSR count). The van der Waals surface area contributed by atoms with E-state index in [0.717, 1.165) is 70.0 Å². The van der Waals surface area contributed by atoms with Crippen LogP contribution in [-0.2, 0) is 16.1 Å². The van der Waals surface area contributed by atoms with Crippen molar-refractivity contribution in [2.75, 3.05) is 49.6 Å². The summed E-state index contributed by atoms with van der Waals surface area (Å²) in [7, 11) is 0. The minimum absolute atomic E-state index is 0.0567. The van der Waals surface area contributed by atoms with Gasteiger partial charge >= 0.3 is 0 Å². The highest BCUT2D eigenvalue weighted by Gasteiger charge is 2.33. The predicted molar refractivity (Wildman–Crippen MR) is 144 cm³/mol. The van der Waals surface area contributed by atoms with Gasteiger partial charge in [0.25, 0.3) is 0 Å². The maximum atomic E-state index is 11.8. The third-order valence-electron chi connectivity index (χ3n) is 7.42. The van der Waals surface area contributed by atoms with E-state index in [4.69, 9.17) is 24.4 Å². The number of carbonyl (C=O) groups excluding carboxylic acids is 1. The molecule has 10 heteroatoms. The Balaban J connectivity index is 1.31. The smallest absolute Gasteiger partial charge is 0.246 e. The second-order valence-electron chi connectivity index (χ2n) is 9.91. The molecule has 3 aromatic heterocycles. The molecule has 3 aromatic rings. The number of morpholine rings is 1. The van der Waals surface area contributed by atoms with Gasteiger partial charge in [0.05, 0.1) is 53.2 Å². The molecule has 0 bridgehead atoms. The Hall–Kier alpha value is -4.05. The molecule has 0 atom stereocenters. The maximum absolute atomic E-state index is 11.8. The topological polar surface area (TPSA) is 106 Å². The van der Waals surface area contributed by atoms with Gasteiger partial charge in [-0.25, -0.2) is 19.9 Å². The number of amides is 1. The maximum Gasteiger partial charge on any atom is 0.246 e. The number of aryl methyl sites for hydroxylation is 3. The molecule has 6 heterocycles. The van der Waals surface area contributed by atoms with Crippen molar-refractivity contribution in [1.82, 2.24) is 24.8 Å². The van der Waals surface area contributed by atoms with Crippen molar-refractivity contribution in [1.29, 1.82) is 0 Å². The SMILES string of the molecule is C=CC(=O)N1CC(c2nc(C)c(-c3cc4c(c(C)n3)OCc3c(N5CCOCC5)ccnc3N4)c(C)n2)C1. The quantitative estimate of drug-likeness (QED) is 0.525. The van der Waals surface area contributed by atoms with Gasteiger partial charge in [-0.15, -0.1) is 0 Å². The molecule has 0 unspecified atom stereocenters. The Bertz CT molecular complexity index is 1410. The molecule has 0 spiro atoms. The molecule has 3 aliphatic rings. The van der Waals surface area contributed by atoms with Crippen LogP contribution in [-0.4, -0.2) is 70.1 Å². The van der Waals surface area contributed by atoms with E-state index >= 15 is 0 Å². The van der Waals surface area contributed by atoms with Crippen LogP contribution in [0.15, 0.2) is 31.0 Å². The average molecular weight is 514 g/mol. The summed E-state index contributed by atoms with van der Waals surface area (Å²) in [5.74, 6) is 2.34. The lowest BCUT2D eigenvalue weighted by atomic mass is 9.97. The van der Waals surface area contributed by atoms with Gasteiger partial charge in [-0.1, -0.05) is 6.58 Å². The number of carbonyl (C=O) groups is 1. The first kappa shape index (κ1) is 24.3. The van der Waals surface area contributed by atoms with Crippen LogP contribution in [0.3, 0.4) is 0 Å². The van der Waals surface area contributed by atoms with Crippen molar-refractivity contribution in [3.63, 3.8) is 0 Å². The summed E-state index contributed by atoms with van der Waals surface area (Å²) in [5.41, 5.74) is 7.14. The number of fused-ring (bicyclic) bond motifs is 2. The first-order chi connectivity index (χ1) is 18.4. The van der Waals surface area contributed by atoms with Crippen molar-refractivity contribution >= 4 is 23.1 Å². The second kappa shape index (κ2) is 9.68. The first-order valence-corrected chi connectivity index (χ1v) is 12.9. The third-order valence-corrected chi connectivity index (χ3v) is 7.42. The molecule has 2 fully saturated rings. The predicted octanol–water partition coefficient (Wildman–Crippen LogP) is 3.44. The summed E-state index contributed by atoms with van der Waals surface area (Å²) in [6.45, 7) is 14.2. The zero-order valence-electron chi connectivity index (χ0n) is 22.0. The van der Waals surface area contributed by atoms with Gasteiger partial charge in [0, 0.05) is 43.6 Å². The lowest BCUT2D eigenvalue weighted by molar-refractivity contribution is -0.130. The molecular weight excluding hydrogens is 482 g/mol. The Morgan fingerprint density at radius 3 is 2.55 bits per heavy atom. The number of likely N-dealkylation sites (tertiary alicyclic amines) is 1. The molecule has 1 N–H and O–H groups in total. The lowest BCUT2D eigenvalue weighted by Gasteiger charge is -2.37. The molecular formula is C28H31N7O3. The van der Waals surface area contributed by atoms with Crippen molar-refractivity contribution in [3.05, 3.63) is 59.5 Å². The van der Waals surface area contributed by atoms with E-state index in [0.29, 0.717) is 38.7 Å². The Morgan fingerprint density at radius 1 is 1.11 bits per heavy atom.